The van der Waals surface area contributed by atoms with Crippen molar-refractivity contribution in [2.24, 2.45) is 0 Å². The van der Waals surface area contributed by atoms with Gasteiger partial charge in [-0.2, -0.15) is 9.78 Å². The van der Waals surface area contributed by atoms with Crippen LogP contribution in [0.1, 0.15) is 21.0 Å². The maximum absolute atomic E-state index is 13.0. The van der Waals surface area contributed by atoms with Crippen LogP contribution in [-0.4, -0.2) is 70.1 Å². The van der Waals surface area contributed by atoms with Crippen LogP contribution in [0.4, 0.5) is 0 Å². The maximum atomic E-state index is 13.0. The fourth-order valence-corrected chi connectivity index (χ4v) is 4.09. The van der Waals surface area contributed by atoms with Crippen LogP contribution >= 0.6 is 0 Å². The molecule has 0 radical (unpaired) electrons. The topological polar surface area (TPSA) is 115 Å². The first-order valence-electron chi connectivity index (χ1n) is 11.4. The number of para-hydroxylation sites is 1. The molecule has 1 aliphatic heterocycles. The van der Waals surface area contributed by atoms with Crippen LogP contribution in [0.15, 0.2) is 82.2 Å². The van der Waals surface area contributed by atoms with Crippen LogP contribution in [0.2, 0.25) is 0 Å². The van der Waals surface area contributed by atoms with Gasteiger partial charge in [0.1, 0.15) is 0 Å². The molecule has 1 fully saturated rings. The lowest BCUT2D eigenvalue weighted by atomic mass is 10.1. The number of rotatable bonds is 5. The Kier molecular flexibility index (Phi) is 6.31. The van der Waals surface area contributed by atoms with E-state index in [0.29, 0.717) is 42.6 Å². The number of furan rings is 1. The van der Waals surface area contributed by atoms with Crippen molar-refractivity contribution in [1.29, 1.82) is 0 Å². The Morgan fingerprint density at radius 2 is 1.50 bits per heavy atom. The SMILES string of the molecule is O=C(OCC(=O)N1CCN(C(=O)c2ccco2)CC1)c1nn(-c2ccccc2)c(=O)c2ccccc12. The van der Waals surface area contributed by atoms with E-state index in [1.165, 1.54) is 11.2 Å². The highest BCUT2D eigenvalue weighted by molar-refractivity contribution is 6.02. The summed E-state index contributed by atoms with van der Waals surface area (Å²) >= 11 is 0. The lowest BCUT2D eigenvalue weighted by Crippen LogP contribution is -2.51. The largest absolute Gasteiger partial charge is 0.459 e. The number of hydrogen-bond donors (Lipinski definition) is 0. The third kappa shape index (κ3) is 4.48. The lowest BCUT2D eigenvalue weighted by Gasteiger charge is -2.34. The summed E-state index contributed by atoms with van der Waals surface area (Å²) in [6, 6.07) is 18.6. The van der Waals surface area contributed by atoms with Gasteiger partial charge in [0.25, 0.3) is 17.4 Å². The van der Waals surface area contributed by atoms with Gasteiger partial charge >= 0.3 is 5.97 Å². The molecule has 4 aromatic rings. The van der Waals surface area contributed by atoms with Crippen LogP contribution in [-0.2, 0) is 9.53 Å². The van der Waals surface area contributed by atoms with Crippen LogP contribution in [0.5, 0.6) is 0 Å². The van der Waals surface area contributed by atoms with Crippen LogP contribution < -0.4 is 5.56 Å². The highest BCUT2D eigenvalue weighted by Crippen LogP contribution is 2.16. The molecule has 1 aliphatic rings. The van der Waals surface area contributed by atoms with Gasteiger partial charge in [-0.15, -0.1) is 0 Å². The Labute approximate surface area is 205 Å². The van der Waals surface area contributed by atoms with E-state index in [9.17, 15) is 19.2 Å². The second-order valence-corrected chi connectivity index (χ2v) is 8.17. The number of ether oxygens (including phenoxy) is 1. The van der Waals surface area contributed by atoms with Gasteiger partial charge in [-0.1, -0.05) is 36.4 Å². The van der Waals surface area contributed by atoms with Gasteiger partial charge < -0.3 is 19.0 Å². The number of esters is 1. The first-order chi connectivity index (χ1) is 17.5. The summed E-state index contributed by atoms with van der Waals surface area (Å²) < 4.78 is 11.6. The zero-order valence-electron chi connectivity index (χ0n) is 19.2. The summed E-state index contributed by atoms with van der Waals surface area (Å²) in [5.74, 6) is -1.17. The smallest absolute Gasteiger partial charge is 0.359 e. The van der Waals surface area contributed by atoms with Crippen molar-refractivity contribution in [2.45, 2.75) is 0 Å². The molecule has 0 saturated carbocycles. The Balaban J connectivity index is 1.28. The summed E-state index contributed by atoms with van der Waals surface area (Å²) in [5, 5.41) is 4.92. The van der Waals surface area contributed by atoms with E-state index in [-0.39, 0.29) is 28.8 Å². The fourth-order valence-electron chi connectivity index (χ4n) is 4.09. The molecule has 1 saturated heterocycles. The van der Waals surface area contributed by atoms with Crippen molar-refractivity contribution in [3.63, 3.8) is 0 Å². The average molecular weight is 486 g/mol. The second kappa shape index (κ2) is 9.87. The number of carbonyl (C=O) groups excluding carboxylic acids is 3. The summed E-state index contributed by atoms with van der Waals surface area (Å²) in [5.41, 5.74) is 0.0717. The van der Waals surface area contributed by atoms with E-state index in [0.717, 1.165) is 4.68 Å². The molecular weight excluding hydrogens is 464 g/mol. The third-order valence-corrected chi connectivity index (χ3v) is 5.98. The van der Waals surface area contributed by atoms with Gasteiger partial charge in [-0.05, 0) is 30.3 Å². The molecule has 10 nitrogen and oxygen atoms in total. The number of benzene rings is 2. The highest BCUT2D eigenvalue weighted by atomic mass is 16.5. The van der Waals surface area contributed by atoms with Crippen molar-refractivity contribution in [3.8, 4) is 5.69 Å². The van der Waals surface area contributed by atoms with Crippen molar-refractivity contribution >= 4 is 28.6 Å². The quantitative estimate of drug-likeness (QED) is 0.397. The predicted octanol–water partition coefficient (Wildman–Crippen LogP) is 2.12. The zero-order valence-corrected chi connectivity index (χ0v) is 19.2. The minimum absolute atomic E-state index is 0.0595. The molecule has 0 aliphatic carbocycles. The van der Waals surface area contributed by atoms with Crippen molar-refractivity contribution in [2.75, 3.05) is 32.8 Å². The third-order valence-electron chi connectivity index (χ3n) is 5.98. The summed E-state index contributed by atoms with van der Waals surface area (Å²) in [6.45, 7) is 0.818. The molecular formula is C26H22N4O6. The fraction of sp³-hybridized carbons (Fsp3) is 0.192. The Morgan fingerprint density at radius 1 is 0.833 bits per heavy atom. The van der Waals surface area contributed by atoms with Crippen molar-refractivity contribution in [3.05, 3.63) is 94.8 Å². The number of amides is 2. The van der Waals surface area contributed by atoms with Crippen molar-refractivity contribution in [1.82, 2.24) is 19.6 Å². The van der Waals surface area contributed by atoms with Gasteiger partial charge in [-0.25, -0.2) is 4.79 Å². The van der Waals surface area contributed by atoms with Gasteiger partial charge in [0.05, 0.1) is 17.3 Å². The van der Waals surface area contributed by atoms with Gasteiger partial charge in [0, 0.05) is 31.6 Å². The van der Waals surface area contributed by atoms with Crippen LogP contribution in [0.25, 0.3) is 16.5 Å². The molecule has 0 unspecified atom stereocenters. The van der Waals surface area contributed by atoms with E-state index < -0.39 is 12.6 Å². The summed E-state index contributed by atoms with van der Waals surface area (Å²) in [6.07, 6.45) is 1.44. The minimum atomic E-state index is -0.809. The predicted molar refractivity (Wildman–Crippen MR) is 129 cm³/mol. The molecule has 2 aromatic carbocycles. The molecule has 2 aromatic heterocycles. The average Bonchev–Trinajstić information content (AvgIpc) is 3.47. The molecule has 36 heavy (non-hydrogen) atoms. The molecule has 0 spiro atoms. The normalized spacial score (nSPS) is 13.6. The molecule has 0 bridgehead atoms. The van der Waals surface area contributed by atoms with E-state index >= 15 is 0 Å². The first kappa shape index (κ1) is 23.0. The zero-order chi connectivity index (χ0) is 25.1. The Hall–Kier alpha value is -4.73. The Bertz CT molecular complexity index is 1470. The van der Waals surface area contributed by atoms with E-state index in [2.05, 4.69) is 5.10 Å². The van der Waals surface area contributed by atoms with Crippen LogP contribution in [0.3, 0.4) is 0 Å². The first-order valence-corrected chi connectivity index (χ1v) is 11.4. The monoisotopic (exact) mass is 486 g/mol. The Morgan fingerprint density at radius 3 is 2.19 bits per heavy atom. The number of hydrogen-bond acceptors (Lipinski definition) is 7. The maximum Gasteiger partial charge on any atom is 0.359 e. The molecule has 0 N–H and O–H groups in total. The number of piperazine rings is 1. The van der Waals surface area contributed by atoms with Gasteiger partial charge in [0.2, 0.25) is 0 Å². The molecule has 182 valence electrons. The minimum Gasteiger partial charge on any atom is -0.459 e. The standard InChI is InChI=1S/C26H22N4O6/c31-22(28-12-14-29(15-13-28)25(33)21-11-6-16-35-21)17-36-26(34)23-19-9-4-5-10-20(19)24(32)30(27-23)18-7-2-1-3-8-18/h1-11,16H,12-15,17H2. The highest BCUT2D eigenvalue weighted by Gasteiger charge is 2.27. The van der Waals surface area contributed by atoms with E-state index in [4.69, 9.17) is 9.15 Å². The molecule has 5 rings (SSSR count). The number of aromatic nitrogens is 2. The van der Waals surface area contributed by atoms with Crippen molar-refractivity contribution < 1.29 is 23.5 Å². The molecule has 2 amide bonds. The second-order valence-electron chi connectivity index (χ2n) is 8.17. The number of fused-ring (bicyclic) bond motifs is 1. The molecule has 0 atom stereocenters. The van der Waals surface area contributed by atoms with Gasteiger partial charge in [-0.3, -0.25) is 14.4 Å². The number of nitrogens with zero attached hydrogens (tertiary/aromatic N) is 4. The number of carbonyl (C=O) groups is 3. The molecule has 10 heteroatoms. The van der Waals surface area contributed by atoms with E-state index in [1.54, 1.807) is 65.6 Å². The van der Waals surface area contributed by atoms with E-state index in [1.807, 2.05) is 6.07 Å². The van der Waals surface area contributed by atoms with Crippen LogP contribution in [0, 0.1) is 0 Å². The lowest BCUT2D eigenvalue weighted by molar-refractivity contribution is -0.136. The molecule has 3 heterocycles. The summed E-state index contributed by atoms with van der Waals surface area (Å²) in [4.78, 5) is 54.2. The van der Waals surface area contributed by atoms with Gasteiger partial charge in [0.15, 0.2) is 18.1 Å². The summed E-state index contributed by atoms with van der Waals surface area (Å²) in [7, 11) is 0.